The highest BCUT2D eigenvalue weighted by Gasteiger charge is 2.23. The predicted molar refractivity (Wildman–Crippen MR) is 79.8 cm³/mol. The van der Waals surface area contributed by atoms with Crippen LogP contribution in [0.5, 0.6) is 0 Å². The maximum Gasteiger partial charge on any atom is 0.137 e. The number of aromatic nitrogens is 1. The molecule has 0 saturated carbocycles. The minimum atomic E-state index is -0.621. The van der Waals surface area contributed by atoms with Crippen LogP contribution in [0.3, 0.4) is 0 Å². The molecule has 0 amide bonds. The number of hydrogen-bond donors (Lipinski definition) is 0. The van der Waals surface area contributed by atoms with Crippen molar-refractivity contribution in [2.24, 2.45) is 0 Å². The third-order valence-electron chi connectivity index (χ3n) is 3.63. The van der Waals surface area contributed by atoms with Gasteiger partial charge in [0.15, 0.2) is 0 Å². The van der Waals surface area contributed by atoms with Gasteiger partial charge in [-0.05, 0) is 35.7 Å². The Bertz CT molecular complexity index is 728. The van der Waals surface area contributed by atoms with Gasteiger partial charge in [-0.3, -0.25) is 0 Å². The van der Waals surface area contributed by atoms with Gasteiger partial charge in [-0.15, -0.1) is 0 Å². The molecule has 0 aliphatic carbocycles. The first kappa shape index (κ1) is 13.5. The fourth-order valence-corrected chi connectivity index (χ4v) is 3.17. The molecule has 0 atom stereocenters. The van der Waals surface area contributed by atoms with Crippen molar-refractivity contribution in [2.75, 3.05) is 11.4 Å². The molecule has 1 fully saturated rings. The molecule has 20 heavy (non-hydrogen) atoms. The smallest absolute Gasteiger partial charge is 0.137 e. The summed E-state index contributed by atoms with van der Waals surface area (Å²) in [5.41, 5.74) is 2.14. The van der Waals surface area contributed by atoms with Crippen molar-refractivity contribution in [3.63, 3.8) is 0 Å². The molecule has 0 radical (unpaired) electrons. The SMILES string of the molecule is C=C1CCCN1c1nc2cc(F)cc(F)c2c(Br)c1C. The van der Waals surface area contributed by atoms with Crippen molar-refractivity contribution >= 4 is 32.7 Å². The van der Waals surface area contributed by atoms with E-state index in [1.165, 1.54) is 6.07 Å². The Balaban J connectivity index is 2.29. The summed E-state index contributed by atoms with van der Waals surface area (Å²) in [4.78, 5) is 6.46. The van der Waals surface area contributed by atoms with E-state index in [4.69, 9.17) is 0 Å². The Hall–Kier alpha value is -1.49. The fourth-order valence-electron chi connectivity index (χ4n) is 2.60. The number of fused-ring (bicyclic) bond motifs is 1. The number of anilines is 1. The minimum Gasteiger partial charge on any atom is -0.330 e. The zero-order chi connectivity index (χ0) is 14.4. The van der Waals surface area contributed by atoms with Crippen molar-refractivity contribution in [2.45, 2.75) is 19.8 Å². The number of halogens is 3. The summed E-state index contributed by atoms with van der Waals surface area (Å²) in [6.45, 7) is 6.73. The lowest BCUT2D eigenvalue weighted by molar-refractivity contribution is 0.591. The van der Waals surface area contributed by atoms with Gasteiger partial charge in [-0.25, -0.2) is 13.8 Å². The molecule has 1 aromatic heterocycles. The lowest BCUT2D eigenvalue weighted by atomic mass is 10.1. The molecular formula is C15H13BrF2N2. The highest BCUT2D eigenvalue weighted by atomic mass is 79.9. The normalized spacial score (nSPS) is 15.4. The van der Waals surface area contributed by atoms with Gasteiger partial charge in [-0.2, -0.15) is 0 Å². The van der Waals surface area contributed by atoms with Gasteiger partial charge in [0.1, 0.15) is 17.5 Å². The summed E-state index contributed by atoms with van der Waals surface area (Å²) in [6.07, 6.45) is 1.95. The third-order valence-corrected chi connectivity index (χ3v) is 4.62. The van der Waals surface area contributed by atoms with Crippen LogP contribution >= 0.6 is 15.9 Å². The Kier molecular flexibility index (Phi) is 3.24. The summed E-state index contributed by atoms with van der Waals surface area (Å²) < 4.78 is 27.9. The van der Waals surface area contributed by atoms with Crippen LogP contribution in [0, 0.1) is 18.6 Å². The van der Waals surface area contributed by atoms with E-state index < -0.39 is 11.6 Å². The molecule has 1 aliphatic heterocycles. The lowest BCUT2D eigenvalue weighted by Crippen LogP contribution is -2.18. The highest BCUT2D eigenvalue weighted by molar-refractivity contribution is 9.10. The van der Waals surface area contributed by atoms with Crippen LogP contribution in [0.25, 0.3) is 10.9 Å². The summed E-state index contributed by atoms with van der Waals surface area (Å²) in [6, 6.07) is 2.13. The second-order valence-electron chi connectivity index (χ2n) is 4.98. The van der Waals surface area contributed by atoms with Gasteiger partial charge >= 0.3 is 0 Å². The zero-order valence-electron chi connectivity index (χ0n) is 11.0. The van der Waals surface area contributed by atoms with E-state index in [1.54, 1.807) is 0 Å². The Morgan fingerprint density at radius 1 is 1.35 bits per heavy atom. The van der Waals surface area contributed by atoms with E-state index in [2.05, 4.69) is 27.5 Å². The van der Waals surface area contributed by atoms with Gasteiger partial charge in [0, 0.05) is 34.4 Å². The first-order valence-electron chi connectivity index (χ1n) is 6.39. The molecule has 2 heterocycles. The molecule has 2 nitrogen and oxygen atoms in total. The van der Waals surface area contributed by atoms with E-state index >= 15 is 0 Å². The summed E-state index contributed by atoms with van der Waals surface area (Å²) in [5.74, 6) is -0.504. The maximum atomic E-state index is 13.9. The van der Waals surface area contributed by atoms with E-state index in [0.717, 1.165) is 42.5 Å². The molecule has 1 saturated heterocycles. The van der Waals surface area contributed by atoms with Gasteiger partial charge < -0.3 is 4.90 Å². The highest BCUT2D eigenvalue weighted by Crippen LogP contribution is 2.37. The van der Waals surface area contributed by atoms with Crippen LogP contribution in [-0.4, -0.2) is 11.5 Å². The Morgan fingerprint density at radius 3 is 2.75 bits per heavy atom. The summed E-state index contributed by atoms with van der Waals surface area (Å²) >= 11 is 3.42. The number of nitrogens with zero attached hydrogens (tertiary/aromatic N) is 2. The number of benzene rings is 1. The van der Waals surface area contributed by atoms with Gasteiger partial charge in [0.2, 0.25) is 0 Å². The molecule has 1 aliphatic rings. The molecule has 0 spiro atoms. The van der Waals surface area contributed by atoms with E-state index in [9.17, 15) is 8.78 Å². The topological polar surface area (TPSA) is 16.1 Å². The van der Waals surface area contributed by atoms with Crippen molar-refractivity contribution in [1.82, 2.24) is 4.98 Å². The molecule has 1 aromatic carbocycles. The van der Waals surface area contributed by atoms with Crippen LogP contribution in [0.15, 0.2) is 28.9 Å². The molecule has 3 rings (SSSR count). The van der Waals surface area contributed by atoms with Crippen LogP contribution in [0.2, 0.25) is 0 Å². The quantitative estimate of drug-likeness (QED) is 0.749. The molecule has 2 aromatic rings. The van der Waals surface area contributed by atoms with Crippen molar-refractivity contribution < 1.29 is 8.78 Å². The second kappa shape index (κ2) is 4.81. The number of rotatable bonds is 1. The molecule has 0 unspecified atom stereocenters. The standard InChI is InChI=1S/C15H13BrF2N2/c1-8-4-3-5-20(8)15-9(2)14(16)13-11(18)6-10(17)7-12(13)19-15/h6-7H,1,3-5H2,2H3. The van der Waals surface area contributed by atoms with Crippen molar-refractivity contribution in [1.29, 1.82) is 0 Å². The Morgan fingerprint density at radius 2 is 2.10 bits per heavy atom. The third kappa shape index (κ3) is 2.00. The zero-order valence-corrected chi connectivity index (χ0v) is 12.6. The molecule has 0 bridgehead atoms. The average Bonchev–Trinajstić information content (AvgIpc) is 2.79. The maximum absolute atomic E-state index is 13.9. The summed E-state index contributed by atoms with van der Waals surface area (Å²) in [5, 5.41) is 0.317. The molecule has 5 heteroatoms. The fraction of sp³-hybridized carbons (Fsp3) is 0.267. The van der Waals surface area contributed by atoms with E-state index in [0.29, 0.717) is 15.4 Å². The number of hydrogen-bond acceptors (Lipinski definition) is 2. The van der Waals surface area contributed by atoms with E-state index in [-0.39, 0.29) is 0 Å². The van der Waals surface area contributed by atoms with Crippen molar-refractivity contribution in [3.8, 4) is 0 Å². The van der Waals surface area contributed by atoms with Gasteiger partial charge in [0.05, 0.1) is 10.9 Å². The first-order chi connectivity index (χ1) is 9.49. The van der Waals surface area contributed by atoms with Crippen LogP contribution in [0.1, 0.15) is 18.4 Å². The van der Waals surface area contributed by atoms with E-state index in [1.807, 2.05) is 11.8 Å². The lowest BCUT2D eigenvalue weighted by Gasteiger charge is -2.22. The van der Waals surface area contributed by atoms with Crippen LogP contribution in [0.4, 0.5) is 14.6 Å². The van der Waals surface area contributed by atoms with Crippen molar-refractivity contribution in [3.05, 3.63) is 46.1 Å². The van der Waals surface area contributed by atoms with Gasteiger partial charge in [0.25, 0.3) is 0 Å². The minimum absolute atomic E-state index is 0.315. The monoisotopic (exact) mass is 338 g/mol. The average molecular weight is 339 g/mol. The molecular weight excluding hydrogens is 326 g/mol. The number of allylic oxidation sites excluding steroid dienone is 1. The predicted octanol–water partition coefficient (Wildman–Crippen LogP) is 4.70. The molecule has 104 valence electrons. The summed E-state index contributed by atoms with van der Waals surface area (Å²) in [7, 11) is 0. The van der Waals surface area contributed by atoms with Crippen LogP contribution in [-0.2, 0) is 0 Å². The number of pyridine rings is 1. The van der Waals surface area contributed by atoms with Crippen LogP contribution < -0.4 is 4.90 Å². The largest absolute Gasteiger partial charge is 0.330 e. The molecule has 0 N–H and O–H groups in total. The Labute approximate surface area is 124 Å². The first-order valence-corrected chi connectivity index (χ1v) is 7.18. The van der Waals surface area contributed by atoms with Gasteiger partial charge in [-0.1, -0.05) is 6.58 Å². The second-order valence-corrected chi connectivity index (χ2v) is 5.77.